The van der Waals surface area contributed by atoms with Crippen LogP contribution in [-0.2, 0) is 0 Å². The number of carbonyl (C=O) groups is 1. The molecule has 5 heteroatoms. The predicted octanol–water partition coefficient (Wildman–Crippen LogP) is 4.34. The van der Waals surface area contributed by atoms with Crippen molar-refractivity contribution in [2.24, 2.45) is 0 Å². The summed E-state index contributed by atoms with van der Waals surface area (Å²) in [6.45, 7) is 0. The number of halogens is 3. The van der Waals surface area contributed by atoms with Crippen LogP contribution in [0.25, 0.3) is 0 Å². The standard InChI is InChI=1S/C13H8ClFINO/c14-12-10(2-1-3-11(12)16)13(18)17-9-6-4-8(15)5-7-9/h1-7H,(H,17,18). The molecule has 0 aliphatic heterocycles. The van der Waals surface area contributed by atoms with Crippen LogP contribution in [0.2, 0.25) is 5.02 Å². The third kappa shape index (κ3) is 3.00. The number of rotatable bonds is 2. The summed E-state index contributed by atoms with van der Waals surface area (Å²) in [4.78, 5) is 12.0. The molecule has 2 nitrogen and oxygen atoms in total. The highest BCUT2D eigenvalue weighted by Crippen LogP contribution is 2.23. The van der Waals surface area contributed by atoms with Crippen molar-refractivity contribution in [2.75, 3.05) is 5.32 Å². The van der Waals surface area contributed by atoms with Gasteiger partial charge in [0.15, 0.2) is 0 Å². The Morgan fingerprint density at radius 1 is 1.17 bits per heavy atom. The van der Waals surface area contributed by atoms with Gasteiger partial charge in [-0.1, -0.05) is 17.7 Å². The van der Waals surface area contributed by atoms with Crippen molar-refractivity contribution in [2.45, 2.75) is 0 Å². The number of benzene rings is 2. The van der Waals surface area contributed by atoms with Gasteiger partial charge in [0.25, 0.3) is 5.91 Å². The zero-order valence-electron chi connectivity index (χ0n) is 9.08. The maximum Gasteiger partial charge on any atom is 0.257 e. The fraction of sp³-hybridized carbons (Fsp3) is 0. The first-order valence-electron chi connectivity index (χ1n) is 5.09. The molecule has 2 rings (SSSR count). The molecule has 0 saturated heterocycles. The van der Waals surface area contributed by atoms with Crippen LogP contribution in [-0.4, -0.2) is 5.91 Å². The molecular weight excluding hydrogens is 368 g/mol. The number of amides is 1. The summed E-state index contributed by atoms with van der Waals surface area (Å²) in [5, 5.41) is 3.07. The number of hydrogen-bond donors (Lipinski definition) is 1. The lowest BCUT2D eigenvalue weighted by atomic mass is 10.2. The first-order chi connectivity index (χ1) is 8.58. The van der Waals surface area contributed by atoms with Crippen molar-refractivity contribution in [3.8, 4) is 0 Å². The van der Waals surface area contributed by atoms with Crippen LogP contribution in [0.4, 0.5) is 10.1 Å². The van der Waals surface area contributed by atoms with Crippen molar-refractivity contribution in [3.05, 3.63) is 62.4 Å². The second kappa shape index (κ2) is 5.67. The molecule has 2 aromatic carbocycles. The minimum absolute atomic E-state index is 0.315. The lowest BCUT2D eigenvalue weighted by Crippen LogP contribution is -2.12. The zero-order chi connectivity index (χ0) is 13.1. The Morgan fingerprint density at radius 3 is 2.50 bits per heavy atom. The van der Waals surface area contributed by atoms with Crippen molar-refractivity contribution in [3.63, 3.8) is 0 Å². The van der Waals surface area contributed by atoms with Crippen molar-refractivity contribution in [1.29, 1.82) is 0 Å². The summed E-state index contributed by atoms with van der Waals surface area (Å²) in [7, 11) is 0. The van der Waals surface area contributed by atoms with Gasteiger partial charge in [-0.2, -0.15) is 0 Å². The van der Waals surface area contributed by atoms with E-state index in [1.807, 2.05) is 6.07 Å². The molecule has 0 aliphatic carbocycles. The number of hydrogen-bond acceptors (Lipinski definition) is 1. The van der Waals surface area contributed by atoms with E-state index in [-0.39, 0.29) is 11.7 Å². The summed E-state index contributed by atoms with van der Waals surface area (Å²) < 4.78 is 13.5. The maximum absolute atomic E-state index is 12.7. The van der Waals surface area contributed by atoms with E-state index in [0.717, 1.165) is 3.57 Å². The van der Waals surface area contributed by atoms with E-state index in [1.165, 1.54) is 24.3 Å². The quantitative estimate of drug-likeness (QED) is 0.778. The van der Waals surface area contributed by atoms with Gasteiger partial charge in [0, 0.05) is 9.26 Å². The highest BCUT2D eigenvalue weighted by Gasteiger charge is 2.12. The van der Waals surface area contributed by atoms with Gasteiger partial charge in [0.1, 0.15) is 5.82 Å². The maximum atomic E-state index is 12.7. The molecule has 0 aliphatic rings. The van der Waals surface area contributed by atoms with Crippen molar-refractivity contribution < 1.29 is 9.18 Å². The molecule has 18 heavy (non-hydrogen) atoms. The van der Waals surface area contributed by atoms with Gasteiger partial charge in [-0.15, -0.1) is 0 Å². The number of carbonyl (C=O) groups excluding carboxylic acids is 1. The summed E-state index contributed by atoms with van der Waals surface area (Å²) in [5.74, 6) is -0.662. The average Bonchev–Trinajstić information content (AvgIpc) is 2.35. The van der Waals surface area contributed by atoms with Crippen LogP contribution in [0.1, 0.15) is 10.4 Å². The summed E-state index contributed by atoms with van der Waals surface area (Å²) in [6.07, 6.45) is 0. The Morgan fingerprint density at radius 2 is 1.83 bits per heavy atom. The molecule has 2 aromatic rings. The van der Waals surface area contributed by atoms with Crippen molar-refractivity contribution in [1.82, 2.24) is 0 Å². The van der Waals surface area contributed by atoms with E-state index in [1.54, 1.807) is 12.1 Å². The average molecular weight is 376 g/mol. The smallest absolute Gasteiger partial charge is 0.257 e. The SMILES string of the molecule is O=C(Nc1ccc(F)cc1)c1cccc(I)c1Cl. The second-order valence-electron chi connectivity index (χ2n) is 3.56. The van der Waals surface area contributed by atoms with Crippen LogP contribution >= 0.6 is 34.2 Å². The molecule has 1 N–H and O–H groups in total. The van der Waals surface area contributed by atoms with Crippen LogP contribution in [0.3, 0.4) is 0 Å². The summed E-state index contributed by atoms with van der Waals surface area (Å²) >= 11 is 8.11. The third-order valence-electron chi connectivity index (χ3n) is 2.30. The molecule has 0 bridgehead atoms. The summed E-state index contributed by atoms with van der Waals surface area (Å²) in [5.41, 5.74) is 0.921. The molecule has 0 atom stereocenters. The first-order valence-corrected chi connectivity index (χ1v) is 6.54. The molecule has 0 unspecified atom stereocenters. The van der Waals surface area contributed by atoms with Gasteiger partial charge in [-0.25, -0.2) is 4.39 Å². The van der Waals surface area contributed by atoms with Crippen LogP contribution < -0.4 is 5.32 Å². The van der Waals surface area contributed by atoms with E-state index in [4.69, 9.17) is 11.6 Å². The Hall–Kier alpha value is -1.14. The van der Waals surface area contributed by atoms with E-state index in [9.17, 15) is 9.18 Å². The normalized spacial score (nSPS) is 10.2. The monoisotopic (exact) mass is 375 g/mol. The molecule has 92 valence electrons. The van der Waals surface area contributed by atoms with Crippen molar-refractivity contribution >= 4 is 45.8 Å². The van der Waals surface area contributed by atoms with Gasteiger partial charge in [-0.05, 0) is 59.0 Å². The molecule has 0 aromatic heterocycles. The summed E-state index contributed by atoms with van der Waals surface area (Å²) in [6, 6.07) is 10.8. The molecule has 0 saturated carbocycles. The molecule has 0 spiro atoms. The first kappa shape index (κ1) is 13.3. The third-order valence-corrected chi connectivity index (χ3v) is 3.92. The van der Waals surface area contributed by atoms with E-state index in [2.05, 4.69) is 27.9 Å². The largest absolute Gasteiger partial charge is 0.322 e. The van der Waals surface area contributed by atoms with Gasteiger partial charge >= 0.3 is 0 Å². The Bertz CT molecular complexity index is 586. The van der Waals surface area contributed by atoms with E-state index in [0.29, 0.717) is 16.3 Å². The van der Waals surface area contributed by atoms with E-state index >= 15 is 0 Å². The predicted molar refractivity (Wildman–Crippen MR) is 78.5 cm³/mol. The minimum Gasteiger partial charge on any atom is -0.322 e. The highest BCUT2D eigenvalue weighted by molar-refractivity contribution is 14.1. The Kier molecular flexibility index (Phi) is 4.19. The lowest BCUT2D eigenvalue weighted by molar-refractivity contribution is 0.102. The number of nitrogens with one attached hydrogen (secondary N) is 1. The van der Waals surface area contributed by atoms with Crippen LogP contribution in [0.15, 0.2) is 42.5 Å². The fourth-order valence-electron chi connectivity index (χ4n) is 1.41. The van der Waals surface area contributed by atoms with Gasteiger partial charge in [0.2, 0.25) is 0 Å². The zero-order valence-corrected chi connectivity index (χ0v) is 12.0. The van der Waals surface area contributed by atoms with E-state index < -0.39 is 0 Å². The Labute approximate surface area is 122 Å². The number of anilines is 1. The van der Waals surface area contributed by atoms with Crippen LogP contribution in [0.5, 0.6) is 0 Å². The second-order valence-corrected chi connectivity index (χ2v) is 5.10. The molecule has 0 fully saturated rings. The topological polar surface area (TPSA) is 29.1 Å². The molecule has 0 heterocycles. The highest BCUT2D eigenvalue weighted by atomic mass is 127. The Balaban J connectivity index is 2.22. The van der Waals surface area contributed by atoms with Gasteiger partial charge < -0.3 is 5.32 Å². The molecule has 1 amide bonds. The van der Waals surface area contributed by atoms with Gasteiger partial charge in [-0.3, -0.25) is 4.79 Å². The van der Waals surface area contributed by atoms with Gasteiger partial charge in [0.05, 0.1) is 10.6 Å². The van der Waals surface area contributed by atoms with Crippen LogP contribution in [0, 0.1) is 9.39 Å². The fourth-order valence-corrected chi connectivity index (χ4v) is 2.12. The minimum atomic E-state index is -0.347. The molecule has 0 radical (unpaired) electrons. The molecular formula is C13H8ClFINO. The lowest BCUT2D eigenvalue weighted by Gasteiger charge is -2.07.